The number of phosphoric acid groups is 1. The molecule has 57 heavy (non-hydrogen) atoms. The lowest BCUT2D eigenvalue weighted by Gasteiger charge is -2.43. The number of benzene rings is 1. The zero-order chi connectivity index (χ0) is 41.3. The van der Waals surface area contributed by atoms with Gasteiger partial charge in [-0.15, -0.1) is 10.2 Å². The molecule has 1 amide bonds. The summed E-state index contributed by atoms with van der Waals surface area (Å²) in [7, 11) is -4.07. The molecule has 2 aromatic heterocycles. The summed E-state index contributed by atoms with van der Waals surface area (Å²) in [4.78, 5) is 26.0. The van der Waals surface area contributed by atoms with Crippen molar-refractivity contribution >= 4 is 31.1 Å². The van der Waals surface area contributed by atoms with Gasteiger partial charge in [-0.1, -0.05) is 12.1 Å². The zero-order valence-electron chi connectivity index (χ0n) is 35.2. The van der Waals surface area contributed by atoms with Crippen LogP contribution < -0.4 is 24.8 Å². The lowest BCUT2D eigenvalue weighted by molar-refractivity contribution is 0.00416. The van der Waals surface area contributed by atoms with Crippen LogP contribution in [-0.4, -0.2) is 112 Å². The van der Waals surface area contributed by atoms with Gasteiger partial charge in [0.25, 0.3) is 0 Å². The quantitative estimate of drug-likeness (QED) is 0.191. The number of aromatic nitrogens is 3. The van der Waals surface area contributed by atoms with Crippen molar-refractivity contribution in [3.63, 3.8) is 0 Å². The lowest BCUT2D eigenvalue weighted by Crippen LogP contribution is -2.55. The smallest absolute Gasteiger partial charge is 0.476 e. The van der Waals surface area contributed by atoms with Gasteiger partial charge in [-0.25, -0.2) is 14.3 Å². The van der Waals surface area contributed by atoms with E-state index in [-0.39, 0.29) is 24.2 Å². The van der Waals surface area contributed by atoms with Gasteiger partial charge < -0.3 is 34.4 Å². The highest BCUT2D eigenvalue weighted by Crippen LogP contribution is 2.56. The number of hydrogen-bond acceptors (Lipinski definition) is 14. The van der Waals surface area contributed by atoms with Crippen molar-refractivity contribution < 1.29 is 32.4 Å². The molecule has 3 saturated heterocycles. The molecule has 3 atom stereocenters. The molecular formula is C41H61N8O7P. The normalized spacial score (nSPS) is 20.8. The molecule has 3 aliphatic heterocycles. The Hall–Kier alpha value is -4.17. The SMILES string of the molecule is C[C@@H]1CN(C(=O)OC(C)(C)C)CCN1CCOc1cc(N2C3CCC2CN(c2cc(-c4ccccc4OP(=O)(OC(C)(C)C)OC(C)(C)C)nnc2N)C3)ccn1. The Morgan fingerprint density at radius 2 is 1.54 bits per heavy atom. The molecule has 16 heteroatoms. The largest absolute Gasteiger partial charge is 0.531 e. The van der Waals surface area contributed by atoms with Crippen molar-refractivity contribution in [2.24, 2.45) is 0 Å². The number of nitrogens with two attached hydrogens (primary N) is 1. The molecule has 2 N–H and O–H groups in total. The molecule has 3 aromatic rings. The van der Waals surface area contributed by atoms with Crippen molar-refractivity contribution in [3.05, 3.63) is 48.7 Å². The minimum absolute atomic E-state index is 0.185. The second-order valence-electron chi connectivity index (χ2n) is 18.2. The van der Waals surface area contributed by atoms with Crippen LogP contribution in [0.4, 0.5) is 22.0 Å². The molecular weight excluding hydrogens is 747 g/mol. The molecule has 0 spiro atoms. The van der Waals surface area contributed by atoms with Gasteiger partial charge in [0.05, 0.1) is 22.6 Å². The van der Waals surface area contributed by atoms with Crippen LogP contribution in [0.1, 0.15) is 82.1 Å². The average Bonchev–Trinajstić information content (AvgIpc) is 3.36. The highest BCUT2D eigenvalue weighted by atomic mass is 31.2. The maximum Gasteiger partial charge on any atom is 0.531 e. The number of piperazine rings is 2. The molecule has 15 nitrogen and oxygen atoms in total. The Labute approximate surface area is 337 Å². The van der Waals surface area contributed by atoms with E-state index in [0.717, 1.165) is 50.4 Å². The summed E-state index contributed by atoms with van der Waals surface area (Å²) in [5, 5.41) is 8.81. The van der Waals surface area contributed by atoms with E-state index >= 15 is 0 Å². The van der Waals surface area contributed by atoms with Gasteiger partial charge >= 0.3 is 13.9 Å². The number of anilines is 3. The van der Waals surface area contributed by atoms with Gasteiger partial charge in [-0.3, -0.25) is 13.9 Å². The fraction of sp³-hybridized carbons (Fsp3) is 0.610. The van der Waals surface area contributed by atoms with Crippen molar-refractivity contribution in [1.82, 2.24) is 25.0 Å². The molecule has 3 aliphatic rings. The molecule has 0 radical (unpaired) electrons. The molecule has 2 unspecified atom stereocenters. The van der Waals surface area contributed by atoms with Gasteiger partial charge in [0.1, 0.15) is 18.0 Å². The first-order valence-electron chi connectivity index (χ1n) is 19.9. The molecule has 312 valence electrons. The average molecular weight is 809 g/mol. The highest BCUT2D eigenvalue weighted by Gasteiger charge is 2.42. The maximum absolute atomic E-state index is 14.0. The van der Waals surface area contributed by atoms with E-state index in [0.29, 0.717) is 48.4 Å². The predicted molar refractivity (Wildman–Crippen MR) is 222 cm³/mol. The number of para-hydroxylation sites is 1. The summed E-state index contributed by atoms with van der Waals surface area (Å²) in [6, 6.07) is 13.9. The number of carbonyl (C=O) groups is 1. The van der Waals surface area contributed by atoms with Crippen LogP contribution in [0.3, 0.4) is 0 Å². The van der Waals surface area contributed by atoms with E-state index in [4.69, 9.17) is 28.8 Å². The van der Waals surface area contributed by atoms with Crippen LogP contribution >= 0.6 is 7.82 Å². The van der Waals surface area contributed by atoms with Crippen LogP contribution in [0.25, 0.3) is 11.3 Å². The Kier molecular flexibility index (Phi) is 12.4. The van der Waals surface area contributed by atoms with E-state index in [9.17, 15) is 9.36 Å². The van der Waals surface area contributed by atoms with E-state index in [1.54, 1.807) is 58.6 Å². The van der Waals surface area contributed by atoms with Crippen LogP contribution in [0.2, 0.25) is 0 Å². The third-order valence-corrected chi connectivity index (χ3v) is 11.8. The van der Waals surface area contributed by atoms with E-state index in [2.05, 4.69) is 42.9 Å². The fourth-order valence-corrected chi connectivity index (χ4v) is 9.48. The number of carbonyl (C=O) groups excluding carboxylic acids is 1. The zero-order valence-corrected chi connectivity index (χ0v) is 36.1. The van der Waals surface area contributed by atoms with Gasteiger partial charge in [-0.05, 0) is 106 Å². The van der Waals surface area contributed by atoms with Crippen LogP contribution in [0.15, 0.2) is 48.7 Å². The molecule has 1 aromatic carbocycles. The second-order valence-corrected chi connectivity index (χ2v) is 19.6. The lowest BCUT2D eigenvalue weighted by atomic mass is 10.1. The third-order valence-electron chi connectivity index (χ3n) is 9.83. The van der Waals surface area contributed by atoms with Crippen molar-refractivity contribution in [2.75, 3.05) is 61.4 Å². The number of phosphoric ester groups is 1. The van der Waals surface area contributed by atoms with Gasteiger partial charge in [-0.2, -0.15) is 0 Å². The number of nitrogens with zero attached hydrogens (tertiary/aromatic N) is 7. The maximum atomic E-state index is 14.0. The standard InChI is InChI=1S/C41H61N8O7P/c1-28-25-47(38(50)53-39(2,3)4)20-19-46(28)21-22-52-36-23-29(17-18-43-36)49-30-15-16-31(49)27-48(26-30)34-24-33(44-45-37(34)42)32-13-11-12-14-35(32)54-57(51,55-40(5,6)7)56-41(8,9)10/h11-14,17-18,23-24,28,30-31H,15-16,19-22,25-27H2,1-10H3,(H2,42,45)/t28-,30?,31?/m1/s1. The Morgan fingerprint density at radius 1 is 0.877 bits per heavy atom. The number of rotatable bonds is 11. The number of hydrogen-bond donors (Lipinski definition) is 1. The molecule has 3 fully saturated rings. The number of fused-ring (bicyclic) bond motifs is 2. The number of nitrogen functional groups attached to an aromatic ring is 1. The van der Waals surface area contributed by atoms with Crippen LogP contribution in [-0.2, 0) is 18.3 Å². The predicted octanol–water partition coefficient (Wildman–Crippen LogP) is 7.42. The van der Waals surface area contributed by atoms with Crippen molar-refractivity contribution in [3.8, 4) is 22.9 Å². The first-order chi connectivity index (χ1) is 26.7. The monoisotopic (exact) mass is 808 g/mol. The van der Waals surface area contributed by atoms with E-state index in [1.165, 1.54) is 0 Å². The third kappa shape index (κ3) is 11.1. The minimum atomic E-state index is -4.07. The van der Waals surface area contributed by atoms with Crippen LogP contribution in [0, 0.1) is 0 Å². The van der Waals surface area contributed by atoms with Gasteiger partial charge in [0.2, 0.25) is 5.88 Å². The second kappa shape index (κ2) is 16.6. The summed E-state index contributed by atoms with van der Waals surface area (Å²) in [6.45, 7) is 23.3. The highest BCUT2D eigenvalue weighted by molar-refractivity contribution is 7.49. The summed E-state index contributed by atoms with van der Waals surface area (Å²) >= 11 is 0. The number of ether oxygens (including phenoxy) is 2. The first kappa shape index (κ1) is 42.4. The number of pyridine rings is 1. The van der Waals surface area contributed by atoms with Crippen molar-refractivity contribution in [1.29, 1.82) is 0 Å². The van der Waals surface area contributed by atoms with E-state index < -0.39 is 24.6 Å². The Bertz CT molecular complexity index is 1900. The van der Waals surface area contributed by atoms with Crippen LogP contribution in [0.5, 0.6) is 11.6 Å². The molecule has 0 saturated carbocycles. The first-order valence-corrected chi connectivity index (χ1v) is 21.4. The Balaban J connectivity index is 1.10. The molecule has 6 rings (SSSR count). The molecule has 5 heterocycles. The molecule has 0 aliphatic carbocycles. The number of amides is 1. The molecule has 2 bridgehead atoms. The van der Waals surface area contributed by atoms with Gasteiger partial charge in [0.15, 0.2) is 5.82 Å². The van der Waals surface area contributed by atoms with Crippen molar-refractivity contribution in [2.45, 2.75) is 117 Å². The minimum Gasteiger partial charge on any atom is -0.476 e. The van der Waals surface area contributed by atoms with Gasteiger partial charge in [0, 0.05) is 80.9 Å². The van der Waals surface area contributed by atoms with E-state index in [1.807, 2.05) is 51.2 Å². The summed E-state index contributed by atoms with van der Waals surface area (Å²) in [6.07, 6.45) is 3.62. The summed E-state index contributed by atoms with van der Waals surface area (Å²) < 4.78 is 43.7. The topological polar surface area (TPSA) is 158 Å². The summed E-state index contributed by atoms with van der Waals surface area (Å²) in [5.41, 5.74) is 7.39. The Morgan fingerprint density at radius 3 is 2.18 bits per heavy atom. The summed E-state index contributed by atoms with van der Waals surface area (Å²) in [5.74, 6) is 1.23. The fourth-order valence-electron chi connectivity index (χ4n) is 7.63.